The number of nitro groups is 1. The molecule has 1 aliphatic heterocycles. The van der Waals surface area contributed by atoms with Crippen LogP contribution in [0, 0.1) is 16.0 Å². The minimum Gasteiger partial charge on any atom is -0.465 e. The molecule has 1 fully saturated rings. The molecule has 0 amide bonds. The van der Waals surface area contributed by atoms with Crippen molar-refractivity contribution in [2.75, 3.05) is 0 Å². The van der Waals surface area contributed by atoms with Gasteiger partial charge in [-0.25, -0.2) is 0 Å². The monoisotopic (exact) mass is 323 g/mol. The van der Waals surface area contributed by atoms with E-state index in [0.29, 0.717) is 0 Å². The van der Waals surface area contributed by atoms with Crippen molar-refractivity contribution in [3.8, 4) is 0 Å². The van der Waals surface area contributed by atoms with Crippen LogP contribution in [0.3, 0.4) is 0 Å². The van der Waals surface area contributed by atoms with Crippen LogP contribution in [0.1, 0.15) is 36.6 Å². The van der Waals surface area contributed by atoms with Gasteiger partial charge in [-0.05, 0) is 48.6 Å². The van der Waals surface area contributed by atoms with E-state index < -0.39 is 0 Å². The van der Waals surface area contributed by atoms with E-state index in [1.54, 1.807) is 18.4 Å². The van der Waals surface area contributed by atoms with Crippen molar-refractivity contribution in [1.82, 2.24) is 5.43 Å². The van der Waals surface area contributed by atoms with E-state index in [2.05, 4.69) is 10.5 Å². The van der Waals surface area contributed by atoms with E-state index in [9.17, 15) is 10.1 Å². The van der Waals surface area contributed by atoms with Crippen LogP contribution in [-0.2, 0) is 0 Å². The number of nitrogens with zero attached hydrogens (tertiary/aromatic N) is 2. The third-order valence-electron chi connectivity index (χ3n) is 4.67. The van der Waals surface area contributed by atoms with Gasteiger partial charge in [-0.15, -0.1) is 0 Å². The van der Waals surface area contributed by atoms with Crippen molar-refractivity contribution < 1.29 is 9.34 Å². The van der Waals surface area contributed by atoms with Crippen molar-refractivity contribution in [3.63, 3.8) is 0 Å². The lowest BCUT2D eigenvalue weighted by Gasteiger charge is -2.26. The predicted molar refractivity (Wildman–Crippen MR) is 90.4 cm³/mol. The Morgan fingerprint density at radius 3 is 3.04 bits per heavy atom. The molecule has 2 unspecified atom stereocenters. The number of rotatable bonds is 3. The molecule has 1 aliphatic carbocycles. The molecular weight excluding hydrogens is 306 g/mol. The zero-order valence-electron chi connectivity index (χ0n) is 13.0. The van der Waals surface area contributed by atoms with Gasteiger partial charge in [0.25, 0.3) is 5.69 Å². The first-order valence-corrected chi connectivity index (χ1v) is 8.04. The van der Waals surface area contributed by atoms with E-state index in [-0.39, 0.29) is 22.6 Å². The number of furan rings is 1. The van der Waals surface area contributed by atoms with Gasteiger partial charge in [-0.1, -0.05) is 12.1 Å². The maximum atomic E-state index is 11.0. The molecule has 0 saturated heterocycles. The molecule has 0 spiro atoms. The highest BCUT2D eigenvalue weighted by atomic mass is 16.6. The van der Waals surface area contributed by atoms with Gasteiger partial charge in [-0.3, -0.25) is 10.1 Å². The Bertz CT molecular complexity index is 824. The molecule has 4 rings (SSSR count). The molecule has 1 saturated carbocycles. The van der Waals surface area contributed by atoms with E-state index in [4.69, 9.17) is 4.42 Å². The summed E-state index contributed by atoms with van der Waals surface area (Å²) in [6, 6.07) is 10.6. The van der Waals surface area contributed by atoms with Gasteiger partial charge in [0.2, 0.25) is 0 Å². The SMILES string of the molecule is O=[N+]([O-])c1cccc(C2NN=C3C(=Cc4ccco4)CCCC32)c1. The third-order valence-corrected chi connectivity index (χ3v) is 4.67. The van der Waals surface area contributed by atoms with Crippen LogP contribution in [0.25, 0.3) is 6.08 Å². The van der Waals surface area contributed by atoms with Gasteiger partial charge in [0.15, 0.2) is 0 Å². The van der Waals surface area contributed by atoms with Crippen LogP contribution in [0.5, 0.6) is 0 Å². The lowest BCUT2D eigenvalue weighted by Crippen LogP contribution is -2.25. The van der Waals surface area contributed by atoms with Gasteiger partial charge < -0.3 is 9.84 Å². The van der Waals surface area contributed by atoms with Gasteiger partial charge >= 0.3 is 0 Å². The molecule has 1 N–H and O–H groups in total. The minimum atomic E-state index is -0.358. The van der Waals surface area contributed by atoms with E-state index >= 15 is 0 Å². The Hall–Kier alpha value is -2.89. The van der Waals surface area contributed by atoms with E-state index in [1.165, 1.54) is 11.6 Å². The average Bonchev–Trinajstić information content (AvgIpc) is 3.25. The Labute approximate surface area is 139 Å². The largest absolute Gasteiger partial charge is 0.465 e. The molecule has 1 aromatic heterocycles. The summed E-state index contributed by atoms with van der Waals surface area (Å²) in [7, 11) is 0. The van der Waals surface area contributed by atoms with Crippen LogP contribution < -0.4 is 5.43 Å². The number of hydrogen-bond donors (Lipinski definition) is 1. The maximum Gasteiger partial charge on any atom is 0.269 e. The van der Waals surface area contributed by atoms with Gasteiger partial charge in [0.1, 0.15) is 5.76 Å². The van der Waals surface area contributed by atoms with Crippen molar-refractivity contribution in [1.29, 1.82) is 0 Å². The van der Waals surface area contributed by atoms with Crippen LogP contribution >= 0.6 is 0 Å². The fourth-order valence-corrected chi connectivity index (χ4v) is 3.55. The summed E-state index contributed by atoms with van der Waals surface area (Å²) in [5, 5.41) is 15.6. The Balaban J connectivity index is 1.62. The summed E-state index contributed by atoms with van der Waals surface area (Å²) in [5.74, 6) is 1.06. The quantitative estimate of drug-likeness (QED) is 0.682. The van der Waals surface area contributed by atoms with Crippen LogP contribution in [0.15, 0.2) is 57.8 Å². The first-order chi connectivity index (χ1) is 11.7. The van der Waals surface area contributed by atoms with Crippen molar-refractivity contribution in [2.45, 2.75) is 25.3 Å². The lowest BCUT2D eigenvalue weighted by atomic mass is 9.78. The number of nitrogens with one attached hydrogen (secondary N) is 1. The lowest BCUT2D eigenvalue weighted by molar-refractivity contribution is -0.384. The predicted octanol–water partition coefficient (Wildman–Crippen LogP) is 4.07. The first-order valence-electron chi connectivity index (χ1n) is 8.04. The normalized spacial score (nSPS) is 24.3. The Morgan fingerprint density at radius 2 is 2.25 bits per heavy atom. The summed E-state index contributed by atoms with van der Waals surface area (Å²) < 4.78 is 5.41. The van der Waals surface area contributed by atoms with Crippen LogP contribution in [0.4, 0.5) is 5.69 Å². The second kappa shape index (κ2) is 5.96. The van der Waals surface area contributed by atoms with Crippen LogP contribution in [0.2, 0.25) is 0 Å². The Kier molecular flexibility index (Phi) is 3.65. The summed E-state index contributed by atoms with van der Waals surface area (Å²) >= 11 is 0. The molecule has 6 heteroatoms. The third kappa shape index (κ3) is 2.60. The highest BCUT2D eigenvalue weighted by Gasteiger charge is 2.37. The molecule has 2 atom stereocenters. The van der Waals surface area contributed by atoms with Crippen LogP contribution in [-0.4, -0.2) is 10.6 Å². The fourth-order valence-electron chi connectivity index (χ4n) is 3.55. The zero-order valence-corrected chi connectivity index (χ0v) is 13.0. The maximum absolute atomic E-state index is 11.0. The minimum absolute atomic E-state index is 0.0137. The summed E-state index contributed by atoms with van der Waals surface area (Å²) in [6.07, 6.45) is 6.77. The number of benzene rings is 1. The number of hydrogen-bond acceptors (Lipinski definition) is 5. The standard InChI is InChI=1S/C18H17N3O3/c22-21(23)14-6-1-4-12(10-14)17-16-8-2-5-13(18(16)20-19-17)11-15-7-3-9-24-15/h1,3-4,6-7,9-11,16-17,19H,2,5,8H2. The molecule has 2 heterocycles. The smallest absolute Gasteiger partial charge is 0.269 e. The Morgan fingerprint density at radius 1 is 1.33 bits per heavy atom. The van der Waals surface area contributed by atoms with Crippen molar-refractivity contribution in [2.24, 2.45) is 11.0 Å². The second-order valence-electron chi connectivity index (χ2n) is 6.14. The zero-order chi connectivity index (χ0) is 16.5. The number of fused-ring (bicyclic) bond motifs is 1. The number of allylic oxidation sites excluding steroid dienone is 1. The second-order valence-corrected chi connectivity index (χ2v) is 6.14. The number of hydrazone groups is 1. The molecule has 1 aromatic carbocycles. The van der Waals surface area contributed by atoms with E-state index in [0.717, 1.165) is 36.3 Å². The molecule has 122 valence electrons. The summed E-state index contributed by atoms with van der Waals surface area (Å²) in [6.45, 7) is 0. The topological polar surface area (TPSA) is 80.7 Å². The van der Waals surface area contributed by atoms with Gasteiger partial charge in [0.05, 0.1) is 22.9 Å². The molecular formula is C18H17N3O3. The van der Waals surface area contributed by atoms with Crippen molar-refractivity contribution in [3.05, 3.63) is 69.7 Å². The number of non-ortho nitro benzene ring substituents is 1. The molecule has 6 nitrogen and oxygen atoms in total. The molecule has 2 aromatic rings. The molecule has 2 aliphatic rings. The fraction of sp³-hybridized carbons (Fsp3) is 0.278. The number of nitro benzene ring substituents is 1. The molecule has 0 bridgehead atoms. The molecule has 24 heavy (non-hydrogen) atoms. The summed E-state index contributed by atoms with van der Waals surface area (Å²) in [4.78, 5) is 10.7. The van der Waals surface area contributed by atoms with Gasteiger partial charge in [-0.2, -0.15) is 5.10 Å². The first kappa shape index (κ1) is 14.7. The van der Waals surface area contributed by atoms with E-state index in [1.807, 2.05) is 24.3 Å². The highest BCUT2D eigenvalue weighted by Crippen LogP contribution is 2.39. The van der Waals surface area contributed by atoms with Crippen molar-refractivity contribution >= 4 is 17.5 Å². The molecule has 0 radical (unpaired) electrons. The summed E-state index contributed by atoms with van der Waals surface area (Å²) in [5.41, 5.74) is 6.44. The average molecular weight is 323 g/mol. The highest BCUT2D eigenvalue weighted by molar-refractivity contribution is 6.06. The van der Waals surface area contributed by atoms with Gasteiger partial charge in [0, 0.05) is 18.1 Å².